The van der Waals surface area contributed by atoms with Gasteiger partial charge in [-0.25, -0.2) is 4.39 Å². The van der Waals surface area contributed by atoms with Gasteiger partial charge in [-0.15, -0.1) is 5.53 Å². The minimum Gasteiger partial charge on any atom is -0.373 e. The molecule has 2 aliphatic rings. The number of anilines is 3. The summed E-state index contributed by atoms with van der Waals surface area (Å²) in [7, 11) is 0. The van der Waals surface area contributed by atoms with Crippen LogP contribution in [0.25, 0.3) is 10.9 Å². The highest BCUT2D eigenvalue weighted by molar-refractivity contribution is 6.36. The Morgan fingerprint density at radius 3 is 2.66 bits per heavy atom. The first-order valence-electron chi connectivity index (χ1n) is 13.1. The van der Waals surface area contributed by atoms with Gasteiger partial charge >= 0.3 is 0 Å². The molecule has 2 aromatic carbocycles. The molecule has 208 valence electrons. The van der Waals surface area contributed by atoms with E-state index in [-0.39, 0.29) is 11.1 Å². The molecule has 6 rings (SSSR count). The lowest BCUT2D eigenvalue weighted by molar-refractivity contribution is 0.162. The third-order valence-electron chi connectivity index (χ3n) is 7.18. The molecule has 4 heterocycles. The van der Waals surface area contributed by atoms with E-state index < -0.39 is 5.82 Å². The summed E-state index contributed by atoms with van der Waals surface area (Å²) >= 11 is 12.7. The second-order valence-electron chi connectivity index (χ2n) is 9.84. The lowest BCUT2D eigenvalue weighted by Gasteiger charge is -2.30. The SMILES string of the molecule is N#Cc1cnc2c(Cl)cc(NC(C3=CN(C4CCNCC4)NN3)c3cccnc3)cc2c1Nc1ccc(F)c(Cl)c1. The predicted octanol–water partition coefficient (Wildman–Crippen LogP) is 5.76. The van der Waals surface area contributed by atoms with E-state index in [1.165, 1.54) is 18.3 Å². The van der Waals surface area contributed by atoms with Crippen LogP contribution < -0.4 is 26.9 Å². The van der Waals surface area contributed by atoms with Crippen LogP contribution in [0.15, 0.2) is 73.0 Å². The van der Waals surface area contributed by atoms with Gasteiger partial charge in [0.1, 0.15) is 11.9 Å². The number of aromatic nitrogens is 2. The molecule has 9 nitrogen and oxygen atoms in total. The molecule has 1 unspecified atom stereocenters. The van der Waals surface area contributed by atoms with Crippen LogP contribution in [0.2, 0.25) is 10.0 Å². The van der Waals surface area contributed by atoms with Gasteiger partial charge in [-0.05, 0) is 67.9 Å². The van der Waals surface area contributed by atoms with Crippen molar-refractivity contribution in [1.29, 1.82) is 5.26 Å². The van der Waals surface area contributed by atoms with Crippen LogP contribution in [0.1, 0.15) is 30.0 Å². The van der Waals surface area contributed by atoms with Crippen LogP contribution in [0.3, 0.4) is 0 Å². The molecule has 1 atom stereocenters. The van der Waals surface area contributed by atoms with Gasteiger partial charge in [-0.2, -0.15) is 5.26 Å². The number of rotatable bonds is 7. The zero-order valence-electron chi connectivity index (χ0n) is 21.8. The summed E-state index contributed by atoms with van der Waals surface area (Å²) in [6.07, 6.45) is 9.17. The van der Waals surface area contributed by atoms with Crippen LogP contribution in [0, 0.1) is 17.1 Å². The molecule has 1 fully saturated rings. The lowest BCUT2D eigenvalue weighted by Crippen LogP contribution is -2.47. The van der Waals surface area contributed by atoms with Gasteiger partial charge in [0.05, 0.1) is 38.6 Å². The van der Waals surface area contributed by atoms with Gasteiger partial charge in [0, 0.05) is 47.6 Å². The fraction of sp³-hybridized carbons (Fsp3) is 0.207. The highest BCUT2D eigenvalue weighted by Gasteiger charge is 2.27. The summed E-state index contributed by atoms with van der Waals surface area (Å²) in [6, 6.07) is 14.1. The molecule has 2 aliphatic heterocycles. The standard InChI is InChI=1S/C29H26Cl2FN9/c30-23-11-19(3-4-25(23)32)37-27-18(13-33)15-36-29-22(27)10-20(12-24(29)31)38-28(17-2-1-7-35-14-17)26-16-41(40-39-26)21-5-8-34-9-6-21/h1-4,7,10-12,14-16,21,28,34,38-40H,5-6,8-9H2,(H,36,37). The topological polar surface area (TPSA) is 113 Å². The Bertz CT molecular complexity index is 1650. The molecule has 1 saturated heterocycles. The predicted molar refractivity (Wildman–Crippen MR) is 159 cm³/mol. The minimum atomic E-state index is -0.531. The Labute approximate surface area is 246 Å². The molecule has 12 heteroatoms. The fourth-order valence-electron chi connectivity index (χ4n) is 5.11. The molecule has 2 aromatic heterocycles. The van der Waals surface area contributed by atoms with Crippen molar-refractivity contribution in [3.8, 4) is 6.07 Å². The van der Waals surface area contributed by atoms with E-state index in [0.29, 0.717) is 44.6 Å². The van der Waals surface area contributed by atoms with Crippen molar-refractivity contribution >= 4 is 51.2 Å². The normalized spacial score (nSPS) is 16.1. The van der Waals surface area contributed by atoms with Gasteiger partial charge < -0.3 is 21.4 Å². The summed E-state index contributed by atoms with van der Waals surface area (Å²) in [4.78, 5) is 8.77. The average molecular weight is 590 g/mol. The number of pyridine rings is 2. The number of fused-ring (bicyclic) bond motifs is 1. The summed E-state index contributed by atoms with van der Waals surface area (Å²) in [5.74, 6) is -0.531. The first kappa shape index (κ1) is 27.1. The number of halogens is 3. The number of nitriles is 1. The molecule has 4 aromatic rings. The molecular weight excluding hydrogens is 564 g/mol. The average Bonchev–Trinajstić information content (AvgIpc) is 3.49. The maximum atomic E-state index is 13.8. The number of piperidine rings is 1. The monoisotopic (exact) mass is 589 g/mol. The van der Waals surface area contributed by atoms with Crippen molar-refractivity contribution in [3.05, 3.63) is 99.9 Å². The van der Waals surface area contributed by atoms with Crippen LogP contribution in [-0.2, 0) is 0 Å². The van der Waals surface area contributed by atoms with Crippen molar-refractivity contribution < 1.29 is 4.39 Å². The molecular formula is C29H26Cl2FN9. The number of benzene rings is 2. The van der Waals surface area contributed by atoms with Crippen LogP contribution in [-0.4, -0.2) is 34.1 Å². The Hall–Kier alpha value is -4.14. The Kier molecular flexibility index (Phi) is 7.76. The van der Waals surface area contributed by atoms with E-state index in [2.05, 4.69) is 54.2 Å². The summed E-state index contributed by atoms with van der Waals surface area (Å²) < 4.78 is 13.8. The quantitative estimate of drug-likeness (QED) is 0.183. The van der Waals surface area contributed by atoms with E-state index in [0.717, 1.165) is 37.2 Å². The molecule has 5 N–H and O–H groups in total. The van der Waals surface area contributed by atoms with Gasteiger partial charge in [0.2, 0.25) is 0 Å². The number of nitrogens with zero attached hydrogens (tertiary/aromatic N) is 4. The second-order valence-corrected chi connectivity index (χ2v) is 10.7. The largest absolute Gasteiger partial charge is 0.373 e. The van der Waals surface area contributed by atoms with Crippen molar-refractivity contribution in [2.75, 3.05) is 23.7 Å². The van der Waals surface area contributed by atoms with E-state index in [1.54, 1.807) is 18.3 Å². The van der Waals surface area contributed by atoms with E-state index in [4.69, 9.17) is 23.2 Å². The molecule has 0 spiro atoms. The molecule has 0 amide bonds. The molecule has 0 saturated carbocycles. The highest BCUT2D eigenvalue weighted by atomic mass is 35.5. The third kappa shape index (κ3) is 5.71. The Morgan fingerprint density at radius 1 is 1.07 bits per heavy atom. The van der Waals surface area contributed by atoms with Crippen LogP contribution >= 0.6 is 23.2 Å². The van der Waals surface area contributed by atoms with Gasteiger partial charge in [0.15, 0.2) is 0 Å². The first-order valence-corrected chi connectivity index (χ1v) is 13.9. The Balaban J connectivity index is 1.38. The van der Waals surface area contributed by atoms with Gasteiger partial charge in [-0.3, -0.25) is 15.0 Å². The number of nitrogens with one attached hydrogen (secondary N) is 5. The summed E-state index contributed by atoms with van der Waals surface area (Å²) in [5, 5.41) is 23.2. The zero-order valence-corrected chi connectivity index (χ0v) is 23.3. The van der Waals surface area contributed by atoms with Crippen molar-refractivity contribution in [1.82, 2.24) is 31.3 Å². The van der Waals surface area contributed by atoms with E-state index >= 15 is 0 Å². The number of hydrogen-bond acceptors (Lipinski definition) is 9. The number of hydrazine groups is 2. The van der Waals surface area contributed by atoms with Crippen LogP contribution in [0.5, 0.6) is 0 Å². The summed E-state index contributed by atoms with van der Waals surface area (Å²) in [5.41, 5.74) is 11.0. The lowest BCUT2D eigenvalue weighted by atomic mass is 10.0. The maximum absolute atomic E-state index is 13.8. The van der Waals surface area contributed by atoms with E-state index in [9.17, 15) is 9.65 Å². The molecule has 0 aliphatic carbocycles. The van der Waals surface area contributed by atoms with Gasteiger partial charge in [0.25, 0.3) is 0 Å². The van der Waals surface area contributed by atoms with Crippen molar-refractivity contribution in [2.24, 2.45) is 0 Å². The van der Waals surface area contributed by atoms with Crippen molar-refractivity contribution in [3.63, 3.8) is 0 Å². The molecule has 0 radical (unpaired) electrons. The van der Waals surface area contributed by atoms with Crippen LogP contribution in [0.4, 0.5) is 21.5 Å². The fourth-order valence-corrected chi connectivity index (χ4v) is 5.56. The number of hydrogen-bond donors (Lipinski definition) is 5. The minimum absolute atomic E-state index is 0.0314. The third-order valence-corrected chi connectivity index (χ3v) is 7.76. The molecule has 0 bridgehead atoms. The summed E-state index contributed by atoms with van der Waals surface area (Å²) in [6.45, 7) is 1.95. The van der Waals surface area contributed by atoms with Crippen molar-refractivity contribution in [2.45, 2.75) is 24.9 Å². The smallest absolute Gasteiger partial charge is 0.141 e. The first-order chi connectivity index (χ1) is 20.0. The Morgan fingerprint density at radius 2 is 1.90 bits per heavy atom. The van der Waals surface area contributed by atoms with Gasteiger partial charge in [-0.1, -0.05) is 29.3 Å². The second kappa shape index (κ2) is 11.8. The maximum Gasteiger partial charge on any atom is 0.141 e. The zero-order chi connectivity index (χ0) is 28.3. The molecule has 41 heavy (non-hydrogen) atoms. The van der Waals surface area contributed by atoms with E-state index in [1.807, 2.05) is 24.4 Å². The highest BCUT2D eigenvalue weighted by Crippen LogP contribution is 2.37.